The molecule has 0 bridgehead atoms. The van der Waals surface area contributed by atoms with Crippen molar-refractivity contribution in [3.63, 3.8) is 0 Å². The predicted octanol–water partition coefficient (Wildman–Crippen LogP) is 3.79. The van der Waals surface area contributed by atoms with Gasteiger partial charge in [-0.05, 0) is 43.9 Å². The van der Waals surface area contributed by atoms with Crippen LogP contribution >= 0.6 is 23.4 Å². The Morgan fingerprint density at radius 3 is 2.94 bits per heavy atom. The van der Waals surface area contributed by atoms with Gasteiger partial charge in [0.15, 0.2) is 5.65 Å². The molecule has 0 aromatic carbocycles. The zero-order chi connectivity index (χ0) is 13.1. The van der Waals surface area contributed by atoms with Gasteiger partial charge in [0.2, 0.25) is 0 Å². The Hall–Kier alpha value is -0.740. The van der Waals surface area contributed by atoms with Gasteiger partial charge < -0.3 is 4.57 Å². The second-order valence-electron chi connectivity index (χ2n) is 4.46. The number of fused-ring (bicyclic) bond motifs is 1. The van der Waals surface area contributed by atoms with Gasteiger partial charge in [0, 0.05) is 12.2 Å². The topological polar surface area (TPSA) is 30.7 Å². The Bertz CT molecular complexity index is 538. The molecular formula is C13H18ClN3S. The van der Waals surface area contributed by atoms with Crippen LogP contribution in [0.3, 0.4) is 0 Å². The van der Waals surface area contributed by atoms with Crippen LogP contribution in [0.2, 0.25) is 0 Å². The van der Waals surface area contributed by atoms with Gasteiger partial charge in [0.1, 0.15) is 11.3 Å². The molecule has 1 unspecified atom stereocenters. The van der Waals surface area contributed by atoms with Crippen molar-refractivity contribution in [3.8, 4) is 0 Å². The van der Waals surface area contributed by atoms with Gasteiger partial charge >= 0.3 is 0 Å². The molecule has 0 saturated heterocycles. The molecule has 0 N–H and O–H groups in total. The number of hydrogen-bond acceptors (Lipinski definition) is 3. The third-order valence-electron chi connectivity index (χ3n) is 3.15. The van der Waals surface area contributed by atoms with E-state index in [1.807, 2.05) is 24.0 Å². The van der Waals surface area contributed by atoms with E-state index in [1.54, 1.807) is 0 Å². The van der Waals surface area contributed by atoms with Crippen molar-refractivity contribution in [3.05, 3.63) is 23.7 Å². The largest absolute Gasteiger partial charge is 0.309 e. The van der Waals surface area contributed by atoms with Crippen LogP contribution in [-0.4, -0.2) is 26.5 Å². The maximum absolute atomic E-state index is 6.02. The van der Waals surface area contributed by atoms with Crippen LogP contribution in [0, 0.1) is 6.92 Å². The summed E-state index contributed by atoms with van der Waals surface area (Å²) >= 11 is 7.88. The van der Waals surface area contributed by atoms with Crippen molar-refractivity contribution in [2.24, 2.45) is 0 Å². The highest BCUT2D eigenvalue weighted by Crippen LogP contribution is 2.25. The average molecular weight is 284 g/mol. The van der Waals surface area contributed by atoms with Gasteiger partial charge in [-0.25, -0.2) is 9.97 Å². The minimum atomic E-state index is 0.380. The summed E-state index contributed by atoms with van der Waals surface area (Å²) in [6, 6.07) is 2.37. The standard InChI is InChI=1S/C13H18ClN3S/c1-9-4-6-15-13-12(9)16-11(8-14)17(13)10(2)5-7-18-3/h4,6,10H,5,7-8H2,1-3H3. The lowest BCUT2D eigenvalue weighted by Crippen LogP contribution is -2.10. The zero-order valence-electron chi connectivity index (χ0n) is 11.0. The number of thioether (sulfide) groups is 1. The van der Waals surface area contributed by atoms with Crippen LogP contribution in [0.1, 0.15) is 30.8 Å². The van der Waals surface area contributed by atoms with Crippen molar-refractivity contribution in [2.75, 3.05) is 12.0 Å². The summed E-state index contributed by atoms with van der Waals surface area (Å²) in [5, 5.41) is 0. The minimum Gasteiger partial charge on any atom is -0.309 e. The number of hydrogen-bond donors (Lipinski definition) is 0. The Kier molecular flexibility index (Phi) is 4.51. The molecule has 0 saturated carbocycles. The van der Waals surface area contributed by atoms with Crippen LogP contribution in [0.4, 0.5) is 0 Å². The molecule has 0 aliphatic heterocycles. The summed E-state index contributed by atoms with van der Waals surface area (Å²) in [7, 11) is 0. The number of nitrogens with zero attached hydrogens (tertiary/aromatic N) is 3. The highest BCUT2D eigenvalue weighted by Gasteiger charge is 2.16. The van der Waals surface area contributed by atoms with Crippen molar-refractivity contribution < 1.29 is 0 Å². The monoisotopic (exact) mass is 283 g/mol. The van der Waals surface area contributed by atoms with Gasteiger partial charge in [-0.1, -0.05) is 0 Å². The van der Waals surface area contributed by atoms with Crippen LogP contribution in [-0.2, 0) is 5.88 Å². The van der Waals surface area contributed by atoms with Gasteiger partial charge in [-0.15, -0.1) is 11.6 Å². The number of aromatic nitrogens is 3. The first-order valence-corrected chi connectivity index (χ1v) is 7.99. The molecule has 0 fully saturated rings. The van der Waals surface area contributed by atoms with E-state index in [0.29, 0.717) is 11.9 Å². The molecule has 0 spiro atoms. The van der Waals surface area contributed by atoms with E-state index in [1.165, 1.54) is 0 Å². The fraction of sp³-hybridized carbons (Fsp3) is 0.538. The molecule has 2 heterocycles. The summed E-state index contributed by atoms with van der Waals surface area (Å²) in [6.07, 6.45) is 5.07. The number of alkyl halides is 1. The highest BCUT2D eigenvalue weighted by atomic mass is 35.5. The summed E-state index contributed by atoms with van der Waals surface area (Å²) in [6.45, 7) is 4.27. The van der Waals surface area contributed by atoms with E-state index in [0.717, 1.165) is 34.7 Å². The Morgan fingerprint density at radius 2 is 2.28 bits per heavy atom. The predicted molar refractivity (Wildman–Crippen MR) is 79.5 cm³/mol. The second-order valence-corrected chi connectivity index (χ2v) is 5.72. The van der Waals surface area contributed by atoms with E-state index < -0.39 is 0 Å². The van der Waals surface area contributed by atoms with E-state index in [2.05, 4.69) is 34.6 Å². The quantitative estimate of drug-likeness (QED) is 0.782. The lowest BCUT2D eigenvalue weighted by Gasteiger charge is -2.15. The molecule has 5 heteroatoms. The maximum atomic E-state index is 6.02. The number of pyridine rings is 1. The molecule has 18 heavy (non-hydrogen) atoms. The summed E-state index contributed by atoms with van der Waals surface area (Å²) in [4.78, 5) is 9.10. The molecule has 0 radical (unpaired) electrons. The first-order valence-electron chi connectivity index (χ1n) is 6.06. The minimum absolute atomic E-state index is 0.380. The van der Waals surface area contributed by atoms with Gasteiger partial charge in [-0.2, -0.15) is 11.8 Å². The van der Waals surface area contributed by atoms with Crippen LogP contribution in [0.25, 0.3) is 11.2 Å². The van der Waals surface area contributed by atoms with Crippen molar-refractivity contribution in [1.82, 2.24) is 14.5 Å². The molecule has 2 rings (SSSR count). The van der Waals surface area contributed by atoms with Gasteiger partial charge in [0.05, 0.1) is 5.88 Å². The lowest BCUT2D eigenvalue weighted by molar-refractivity contribution is 0.530. The van der Waals surface area contributed by atoms with E-state index in [9.17, 15) is 0 Å². The molecule has 0 aliphatic carbocycles. The molecule has 2 aromatic heterocycles. The fourth-order valence-electron chi connectivity index (χ4n) is 2.13. The highest BCUT2D eigenvalue weighted by molar-refractivity contribution is 7.98. The number of aryl methyl sites for hydroxylation is 1. The average Bonchev–Trinajstić information content (AvgIpc) is 2.76. The van der Waals surface area contributed by atoms with E-state index >= 15 is 0 Å². The molecule has 0 amide bonds. The third-order valence-corrected chi connectivity index (χ3v) is 4.04. The van der Waals surface area contributed by atoms with Crippen LogP contribution in [0.15, 0.2) is 12.3 Å². The molecule has 1 atom stereocenters. The molecule has 2 aromatic rings. The number of rotatable bonds is 5. The number of imidazole rings is 1. The molecule has 98 valence electrons. The molecule has 3 nitrogen and oxygen atoms in total. The first-order chi connectivity index (χ1) is 8.69. The molecule has 0 aliphatic rings. The summed E-state index contributed by atoms with van der Waals surface area (Å²) in [5.41, 5.74) is 3.09. The maximum Gasteiger partial charge on any atom is 0.160 e. The number of halogens is 1. The van der Waals surface area contributed by atoms with Gasteiger partial charge in [0.25, 0.3) is 0 Å². The SMILES string of the molecule is CSCCC(C)n1c(CCl)nc2c(C)ccnc21. The first kappa shape index (κ1) is 13.7. The van der Waals surface area contributed by atoms with Crippen molar-refractivity contribution >= 4 is 34.5 Å². The zero-order valence-corrected chi connectivity index (χ0v) is 12.6. The smallest absolute Gasteiger partial charge is 0.160 e. The van der Waals surface area contributed by atoms with Crippen molar-refractivity contribution in [2.45, 2.75) is 32.2 Å². The summed E-state index contributed by atoms with van der Waals surface area (Å²) < 4.78 is 2.19. The Balaban J connectivity index is 2.50. The fourth-order valence-corrected chi connectivity index (χ4v) is 2.90. The Morgan fingerprint density at radius 1 is 1.50 bits per heavy atom. The van der Waals surface area contributed by atoms with Crippen molar-refractivity contribution in [1.29, 1.82) is 0 Å². The van der Waals surface area contributed by atoms with E-state index in [4.69, 9.17) is 11.6 Å². The Labute approximate surface area is 117 Å². The van der Waals surface area contributed by atoms with Crippen LogP contribution in [0.5, 0.6) is 0 Å². The normalized spacial score (nSPS) is 13.1. The lowest BCUT2D eigenvalue weighted by atomic mass is 10.2. The van der Waals surface area contributed by atoms with Gasteiger partial charge in [-0.3, -0.25) is 0 Å². The second kappa shape index (κ2) is 5.93. The third kappa shape index (κ3) is 2.50. The van der Waals surface area contributed by atoms with E-state index in [-0.39, 0.29) is 0 Å². The summed E-state index contributed by atoms with van der Waals surface area (Å²) in [5.74, 6) is 2.48. The molecular weight excluding hydrogens is 266 g/mol. The van der Waals surface area contributed by atoms with Crippen LogP contribution < -0.4 is 0 Å².